The van der Waals surface area contributed by atoms with E-state index in [0.29, 0.717) is 18.2 Å². The van der Waals surface area contributed by atoms with Crippen molar-refractivity contribution in [1.29, 1.82) is 0 Å². The van der Waals surface area contributed by atoms with Gasteiger partial charge in [0.25, 0.3) is 0 Å². The molecule has 5 heteroatoms. The largest absolute Gasteiger partial charge is 0.378 e. The lowest BCUT2D eigenvalue weighted by Crippen LogP contribution is -2.41. The van der Waals surface area contributed by atoms with E-state index in [1.165, 1.54) is 32.5 Å². The van der Waals surface area contributed by atoms with Crippen LogP contribution in [-0.4, -0.2) is 87.0 Å². The van der Waals surface area contributed by atoms with Gasteiger partial charge >= 0.3 is 0 Å². The van der Waals surface area contributed by atoms with Crippen molar-refractivity contribution in [1.82, 2.24) is 20.4 Å². The van der Waals surface area contributed by atoms with Gasteiger partial charge in [-0.3, -0.25) is 9.80 Å². The Kier molecular flexibility index (Phi) is 7.95. The highest BCUT2D eigenvalue weighted by Gasteiger charge is 2.35. The van der Waals surface area contributed by atoms with Gasteiger partial charge in [-0.2, -0.15) is 0 Å². The van der Waals surface area contributed by atoms with Gasteiger partial charge in [0.2, 0.25) is 0 Å². The van der Waals surface area contributed by atoms with Crippen molar-refractivity contribution in [2.45, 2.75) is 70.8 Å². The van der Waals surface area contributed by atoms with Gasteiger partial charge in [-0.25, -0.2) is 0 Å². The van der Waals surface area contributed by atoms with Crippen molar-refractivity contribution >= 4 is 0 Å². The molecule has 0 amide bonds. The Labute approximate surface area is 149 Å². The average Bonchev–Trinajstić information content (AvgIpc) is 3.19. The fourth-order valence-corrected chi connectivity index (χ4v) is 4.24. The molecule has 24 heavy (non-hydrogen) atoms. The number of fused-ring (bicyclic) bond motifs is 1. The predicted octanol–water partition coefficient (Wildman–Crippen LogP) is 1.39. The lowest BCUT2D eigenvalue weighted by atomic mass is 9.94. The van der Waals surface area contributed by atoms with E-state index < -0.39 is 0 Å². The Hall–Kier alpha value is -0.200. The zero-order chi connectivity index (χ0) is 17.7. The normalized spacial score (nSPS) is 34.5. The van der Waals surface area contributed by atoms with Gasteiger partial charge in [-0.05, 0) is 60.0 Å². The van der Waals surface area contributed by atoms with E-state index >= 15 is 0 Å². The van der Waals surface area contributed by atoms with Gasteiger partial charge in [-0.1, -0.05) is 0 Å². The number of likely N-dealkylation sites (tertiary alicyclic amines) is 2. The van der Waals surface area contributed by atoms with E-state index in [-0.39, 0.29) is 0 Å². The summed E-state index contributed by atoms with van der Waals surface area (Å²) in [5, 5.41) is 6.91. The fraction of sp³-hybridized carbons (Fsp3) is 1.00. The van der Waals surface area contributed by atoms with Gasteiger partial charge in [0.1, 0.15) is 0 Å². The van der Waals surface area contributed by atoms with Gasteiger partial charge in [0.05, 0.1) is 6.10 Å². The lowest BCUT2D eigenvalue weighted by molar-refractivity contribution is 0.0891. The molecule has 0 radical (unpaired) electrons. The third-order valence-electron chi connectivity index (χ3n) is 6.06. The summed E-state index contributed by atoms with van der Waals surface area (Å²) in [4.78, 5) is 5.04. The minimum atomic E-state index is 0.359. The van der Waals surface area contributed by atoms with Crippen LogP contribution in [0.15, 0.2) is 0 Å². The van der Waals surface area contributed by atoms with Crippen LogP contribution in [0.3, 0.4) is 0 Å². The van der Waals surface area contributed by atoms with Crippen molar-refractivity contribution in [3.8, 4) is 0 Å². The smallest absolute Gasteiger partial charge is 0.0863 e. The first-order chi connectivity index (χ1) is 11.5. The molecule has 3 saturated heterocycles. The summed E-state index contributed by atoms with van der Waals surface area (Å²) in [5.41, 5.74) is 0. The number of nitrogens with zero attached hydrogens (tertiary/aromatic N) is 2. The summed E-state index contributed by atoms with van der Waals surface area (Å²) in [7, 11) is 3.79. The van der Waals surface area contributed by atoms with Crippen molar-refractivity contribution in [3.63, 3.8) is 0 Å². The quantitative estimate of drug-likeness (QED) is 0.809. The topological polar surface area (TPSA) is 39.8 Å². The number of rotatable bonds is 4. The van der Waals surface area contributed by atoms with Gasteiger partial charge in [-0.15, -0.1) is 0 Å². The molecular weight excluding hydrogens is 300 g/mol. The van der Waals surface area contributed by atoms with Crippen LogP contribution in [0.1, 0.15) is 40.5 Å². The maximum atomic E-state index is 5.39. The third kappa shape index (κ3) is 5.15. The van der Waals surface area contributed by atoms with Crippen LogP contribution in [0.25, 0.3) is 0 Å². The Morgan fingerprint density at radius 2 is 1.67 bits per heavy atom. The monoisotopic (exact) mass is 340 g/mol. The number of nitrogens with one attached hydrogen (secondary N) is 2. The maximum absolute atomic E-state index is 5.39. The summed E-state index contributed by atoms with van der Waals surface area (Å²) in [6.45, 7) is 15.1. The van der Waals surface area contributed by atoms with E-state index in [9.17, 15) is 0 Å². The van der Waals surface area contributed by atoms with Gasteiger partial charge in [0.15, 0.2) is 0 Å². The van der Waals surface area contributed by atoms with Crippen molar-refractivity contribution in [2.24, 2.45) is 5.92 Å². The highest BCUT2D eigenvalue weighted by molar-refractivity contribution is 4.92. The van der Waals surface area contributed by atoms with Crippen LogP contribution >= 0.6 is 0 Å². The number of ether oxygens (including phenoxy) is 1. The molecule has 5 nitrogen and oxygen atoms in total. The minimum Gasteiger partial charge on any atom is -0.378 e. The number of hydrogen-bond acceptors (Lipinski definition) is 5. The summed E-state index contributed by atoms with van der Waals surface area (Å²) >= 11 is 0. The molecule has 4 unspecified atom stereocenters. The molecule has 2 N–H and O–H groups in total. The average molecular weight is 341 g/mol. The molecule has 0 saturated carbocycles. The molecule has 4 atom stereocenters. The Balaban J connectivity index is 0.000000174. The summed E-state index contributed by atoms with van der Waals surface area (Å²) in [5.74, 6) is 0.946. The lowest BCUT2D eigenvalue weighted by Gasteiger charge is -2.24. The SMILES string of the molecule is CC(C)N1CC2CCCNC2C1.CNC1CN(C(C)C)CC1OC. The fourth-order valence-electron chi connectivity index (χ4n) is 4.24. The van der Waals surface area contributed by atoms with Crippen LogP contribution in [0, 0.1) is 5.92 Å². The number of piperidine rings is 1. The summed E-state index contributed by atoms with van der Waals surface area (Å²) in [6, 6.07) is 2.66. The van der Waals surface area contributed by atoms with Gasteiger partial charge in [0, 0.05) is 57.5 Å². The molecule has 0 aliphatic carbocycles. The van der Waals surface area contributed by atoms with E-state index in [0.717, 1.165) is 31.1 Å². The molecule has 0 bridgehead atoms. The molecule has 0 aromatic carbocycles. The zero-order valence-electron chi connectivity index (χ0n) is 16.7. The maximum Gasteiger partial charge on any atom is 0.0863 e. The van der Waals surface area contributed by atoms with Crippen LogP contribution in [0.5, 0.6) is 0 Å². The molecular formula is C19H40N4O. The first kappa shape index (κ1) is 20.1. The summed E-state index contributed by atoms with van der Waals surface area (Å²) in [6.07, 6.45) is 3.19. The molecule has 3 rings (SSSR count). The predicted molar refractivity (Wildman–Crippen MR) is 102 cm³/mol. The van der Waals surface area contributed by atoms with Crippen LogP contribution < -0.4 is 10.6 Å². The highest BCUT2D eigenvalue weighted by atomic mass is 16.5. The van der Waals surface area contributed by atoms with E-state index in [4.69, 9.17) is 4.74 Å². The van der Waals surface area contributed by atoms with Crippen molar-refractivity contribution in [3.05, 3.63) is 0 Å². The second kappa shape index (κ2) is 9.48. The van der Waals surface area contributed by atoms with Gasteiger partial charge < -0.3 is 15.4 Å². The number of hydrogen-bond donors (Lipinski definition) is 2. The third-order valence-corrected chi connectivity index (χ3v) is 6.06. The molecule has 0 spiro atoms. The number of methoxy groups -OCH3 is 1. The second-order valence-corrected chi connectivity index (χ2v) is 8.23. The van der Waals surface area contributed by atoms with E-state index in [1.807, 2.05) is 7.05 Å². The van der Waals surface area contributed by atoms with Crippen LogP contribution in [0.2, 0.25) is 0 Å². The number of likely N-dealkylation sites (N-methyl/N-ethyl adjacent to an activating group) is 1. The molecule has 3 aliphatic rings. The Bertz CT molecular complexity index is 317. The van der Waals surface area contributed by atoms with Crippen LogP contribution in [-0.2, 0) is 4.74 Å². The molecule has 142 valence electrons. The first-order valence-electron chi connectivity index (χ1n) is 9.87. The zero-order valence-corrected chi connectivity index (χ0v) is 16.7. The molecule has 0 aromatic heterocycles. The van der Waals surface area contributed by atoms with Crippen molar-refractivity contribution < 1.29 is 4.74 Å². The summed E-state index contributed by atoms with van der Waals surface area (Å²) < 4.78 is 5.39. The first-order valence-corrected chi connectivity index (χ1v) is 9.87. The Morgan fingerprint density at radius 1 is 1.00 bits per heavy atom. The standard InChI is InChI=1S/C10H20N2.C9H20N2O/c1-8(2)12-6-9-4-3-5-11-10(9)7-12;1-7(2)11-5-8(10-3)9(6-11)12-4/h8-11H,3-7H2,1-2H3;7-10H,5-6H2,1-4H3. The molecule has 3 aliphatic heterocycles. The molecule has 3 fully saturated rings. The van der Waals surface area contributed by atoms with Crippen LogP contribution in [0.4, 0.5) is 0 Å². The minimum absolute atomic E-state index is 0.359. The molecule has 0 aromatic rings. The molecule has 3 heterocycles. The van der Waals surface area contributed by atoms with E-state index in [1.54, 1.807) is 7.11 Å². The second-order valence-electron chi connectivity index (χ2n) is 8.23. The Morgan fingerprint density at radius 3 is 2.17 bits per heavy atom. The van der Waals surface area contributed by atoms with E-state index in [2.05, 4.69) is 48.1 Å². The highest BCUT2D eigenvalue weighted by Crippen LogP contribution is 2.25. The van der Waals surface area contributed by atoms with Crippen molar-refractivity contribution in [2.75, 3.05) is 46.9 Å².